The number of hydrogen-bond acceptors (Lipinski definition) is 4. The number of carbonyl (C=O) groups excluding carboxylic acids is 3. The summed E-state index contributed by atoms with van der Waals surface area (Å²) in [5.41, 5.74) is 0.998. The monoisotopic (exact) mass is 321 g/mol. The van der Waals surface area contributed by atoms with Crippen molar-refractivity contribution in [3.63, 3.8) is 0 Å². The van der Waals surface area contributed by atoms with Gasteiger partial charge in [0.25, 0.3) is 0 Å². The van der Waals surface area contributed by atoms with Gasteiger partial charge in [-0.25, -0.2) is 4.90 Å². The molecule has 2 aromatic carbocycles. The van der Waals surface area contributed by atoms with Crippen LogP contribution in [-0.2, 0) is 19.1 Å². The molecule has 0 bridgehead atoms. The van der Waals surface area contributed by atoms with Crippen molar-refractivity contribution in [1.82, 2.24) is 0 Å². The third kappa shape index (κ3) is 4.55. The number of nitrogens with zero attached hydrogens (tertiary/aromatic N) is 1. The summed E-state index contributed by atoms with van der Waals surface area (Å²) in [5, 5.41) is 0. The number of ether oxygens (including phenoxy) is 1. The number of carbonyl (C=O) groups is 3. The van der Waals surface area contributed by atoms with Crippen molar-refractivity contribution >= 4 is 23.5 Å². The Labute approximate surface area is 139 Å². The zero-order valence-electron chi connectivity index (χ0n) is 13.1. The van der Waals surface area contributed by atoms with Gasteiger partial charge in [-0.2, -0.15) is 0 Å². The predicted molar refractivity (Wildman–Crippen MR) is 88.9 cm³/mol. The van der Waals surface area contributed by atoms with Crippen molar-refractivity contribution in [1.29, 1.82) is 0 Å². The Balaban J connectivity index is 2.29. The number of benzene rings is 2. The number of methoxy groups -OCH3 is 1. The molecule has 0 unspecified atom stereocenters. The van der Waals surface area contributed by atoms with E-state index >= 15 is 0 Å². The van der Waals surface area contributed by atoms with Gasteiger partial charge in [0.2, 0.25) is 5.91 Å². The molecule has 0 heterocycles. The Bertz CT molecular complexity index is 788. The summed E-state index contributed by atoms with van der Waals surface area (Å²) in [6, 6.07) is 17.3. The Kier molecular flexibility index (Phi) is 5.87. The van der Waals surface area contributed by atoms with E-state index in [1.807, 2.05) is 6.07 Å². The van der Waals surface area contributed by atoms with E-state index in [2.05, 4.69) is 16.6 Å². The summed E-state index contributed by atoms with van der Waals surface area (Å²) in [5.74, 6) is 3.02. The molecule has 5 heteroatoms. The fourth-order valence-electron chi connectivity index (χ4n) is 1.93. The number of imide groups is 1. The van der Waals surface area contributed by atoms with Crippen LogP contribution in [0.2, 0.25) is 0 Å². The van der Waals surface area contributed by atoms with Gasteiger partial charge >= 0.3 is 11.9 Å². The standard InChI is InChI=1S/C19H15NO4/c1-24-19(23)14-18(22)20(16-10-6-3-7-11-16)17(21)13-12-15-8-4-2-5-9-15/h2-11H,14H2,1H3. The SMILES string of the molecule is COC(=O)CC(=O)N(C(=O)C#Cc1ccccc1)c1ccccc1. The van der Waals surface area contributed by atoms with E-state index in [1.165, 1.54) is 7.11 Å². The summed E-state index contributed by atoms with van der Waals surface area (Å²) in [7, 11) is 1.18. The van der Waals surface area contributed by atoms with Crippen LogP contribution in [0.25, 0.3) is 0 Å². The number of amides is 2. The van der Waals surface area contributed by atoms with Gasteiger partial charge in [0.1, 0.15) is 6.42 Å². The summed E-state index contributed by atoms with van der Waals surface area (Å²) in [4.78, 5) is 36.9. The summed E-state index contributed by atoms with van der Waals surface area (Å²) in [6.45, 7) is 0. The van der Waals surface area contributed by atoms with Gasteiger partial charge in [-0.3, -0.25) is 14.4 Å². The van der Waals surface area contributed by atoms with Crippen LogP contribution < -0.4 is 4.90 Å². The van der Waals surface area contributed by atoms with Crippen molar-refractivity contribution in [2.45, 2.75) is 6.42 Å². The molecule has 0 spiro atoms. The van der Waals surface area contributed by atoms with Gasteiger partial charge in [0.15, 0.2) is 0 Å². The summed E-state index contributed by atoms with van der Waals surface area (Å²) < 4.78 is 4.48. The quantitative estimate of drug-likeness (QED) is 0.494. The zero-order valence-corrected chi connectivity index (χ0v) is 13.1. The first-order chi connectivity index (χ1) is 11.6. The molecule has 0 aliphatic heterocycles. The maximum Gasteiger partial charge on any atom is 0.315 e. The van der Waals surface area contributed by atoms with Crippen LogP contribution in [0.4, 0.5) is 5.69 Å². The van der Waals surface area contributed by atoms with Crippen molar-refractivity contribution in [2.24, 2.45) is 0 Å². The van der Waals surface area contributed by atoms with E-state index in [0.29, 0.717) is 11.3 Å². The highest BCUT2D eigenvalue weighted by atomic mass is 16.5. The van der Waals surface area contributed by atoms with Crippen molar-refractivity contribution in [3.05, 3.63) is 66.2 Å². The number of hydrogen-bond donors (Lipinski definition) is 0. The van der Waals surface area contributed by atoms with Gasteiger partial charge in [-0.1, -0.05) is 42.3 Å². The van der Waals surface area contributed by atoms with E-state index in [9.17, 15) is 14.4 Å². The zero-order chi connectivity index (χ0) is 17.4. The molecule has 0 aliphatic carbocycles. The number of esters is 1. The second kappa shape index (κ2) is 8.30. The summed E-state index contributed by atoms with van der Waals surface area (Å²) in [6.07, 6.45) is -0.538. The second-order valence-corrected chi connectivity index (χ2v) is 4.74. The Morgan fingerprint density at radius 3 is 2.12 bits per heavy atom. The van der Waals surface area contributed by atoms with Crippen LogP contribution in [0.15, 0.2) is 60.7 Å². The molecular formula is C19H15NO4. The van der Waals surface area contributed by atoms with E-state index in [4.69, 9.17) is 0 Å². The molecule has 2 rings (SSSR count). The normalized spacial score (nSPS) is 9.38. The van der Waals surface area contributed by atoms with Crippen LogP contribution in [0.5, 0.6) is 0 Å². The minimum absolute atomic E-state index is 0.346. The lowest BCUT2D eigenvalue weighted by Gasteiger charge is -2.17. The second-order valence-electron chi connectivity index (χ2n) is 4.74. The molecule has 0 saturated heterocycles. The topological polar surface area (TPSA) is 63.7 Å². The van der Waals surface area contributed by atoms with Gasteiger partial charge in [-0.15, -0.1) is 0 Å². The van der Waals surface area contributed by atoms with E-state index in [-0.39, 0.29) is 0 Å². The maximum absolute atomic E-state index is 12.4. The van der Waals surface area contributed by atoms with Crippen LogP contribution in [0.1, 0.15) is 12.0 Å². The smallest absolute Gasteiger partial charge is 0.315 e. The third-order valence-electron chi connectivity index (χ3n) is 3.08. The minimum Gasteiger partial charge on any atom is -0.469 e. The Morgan fingerprint density at radius 2 is 1.54 bits per heavy atom. The molecule has 2 aromatic rings. The maximum atomic E-state index is 12.4. The van der Waals surface area contributed by atoms with Crippen molar-refractivity contribution in [3.8, 4) is 11.8 Å². The van der Waals surface area contributed by atoms with Gasteiger partial charge in [-0.05, 0) is 24.3 Å². The molecule has 0 atom stereocenters. The third-order valence-corrected chi connectivity index (χ3v) is 3.08. The summed E-state index contributed by atoms with van der Waals surface area (Å²) >= 11 is 0. The fourth-order valence-corrected chi connectivity index (χ4v) is 1.93. The Morgan fingerprint density at radius 1 is 0.958 bits per heavy atom. The predicted octanol–water partition coefficient (Wildman–Crippen LogP) is 2.16. The molecule has 0 saturated carbocycles. The minimum atomic E-state index is -0.718. The number of para-hydroxylation sites is 1. The van der Waals surface area contributed by atoms with Crippen LogP contribution in [0, 0.1) is 11.8 Å². The van der Waals surface area contributed by atoms with Crippen LogP contribution in [0.3, 0.4) is 0 Å². The first-order valence-corrected chi connectivity index (χ1v) is 7.17. The van der Waals surface area contributed by atoms with E-state index < -0.39 is 24.2 Å². The Hall–Kier alpha value is -3.39. The number of rotatable bonds is 3. The molecule has 0 fully saturated rings. The lowest BCUT2D eigenvalue weighted by atomic mass is 10.2. The molecule has 0 aromatic heterocycles. The molecule has 24 heavy (non-hydrogen) atoms. The molecule has 0 aliphatic rings. The molecule has 0 radical (unpaired) electrons. The molecule has 0 N–H and O–H groups in total. The molecule has 5 nitrogen and oxygen atoms in total. The molecule has 120 valence electrons. The highest BCUT2D eigenvalue weighted by Gasteiger charge is 2.24. The average molecular weight is 321 g/mol. The largest absolute Gasteiger partial charge is 0.469 e. The van der Waals surface area contributed by atoms with Crippen LogP contribution >= 0.6 is 0 Å². The van der Waals surface area contributed by atoms with Crippen molar-refractivity contribution in [2.75, 3.05) is 12.0 Å². The molecular weight excluding hydrogens is 306 g/mol. The first kappa shape index (κ1) is 17.0. The van der Waals surface area contributed by atoms with E-state index in [1.54, 1.807) is 54.6 Å². The van der Waals surface area contributed by atoms with Gasteiger partial charge < -0.3 is 4.74 Å². The molecule has 2 amide bonds. The van der Waals surface area contributed by atoms with Gasteiger partial charge in [0, 0.05) is 11.5 Å². The van der Waals surface area contributed by atoms with E-state index in [0.717, 1.165) is 4.90 Å². The lowest BCUT2D eigenvalue weighted by molar-refractivity contribution is -0.143. The first-order valence-electron chi connectivity index (χ1n) is 7.17. The van der Waals surface area contributed by atoms with Gasteiger partial charge in [0.05, 0.1) is 12.8 Å². The highest BCUT2D eigenvalue weighted by molar-refractivity contribution is 6.23. The lowest BCUT2D eigenvalue weighted by Crippen LogP contribution is -2.37. The average Bonchev–Trinajstić information content (AvgIpc) is 2.62. The van der Waals surface area contributed by atoms with Crippen molar-refractivity contribution < 1.29 is 19.1 Å². The van der Waals surface area contributed by atoms with Crippen LogP contribution in [-0.4, -0.2) is 24.9 Å². The highest BCUT2D eigenvalue weighted by Crippen LogP contribution is 2.15. The fraction of sp³-hybridized carbons (Fsp3) is 0.105. The number of anilines is 1.